The monoisotopic (exact) mass is 557 g/mol. The first-order chi connectivity index (χ1) is 9.54. The second-order valence-electron chi connectivity index (χ2n) is 3.35. The third-order valence-electron chi connectivity index (χ3n) is 1.16. The summed E-state index contributed by atoms with van der Waals surface area (Å²) >= 11 is 4.59. The van der Waals surface area contributed by atoms with Gasteiger partial charge in [0.05, 0.1) is 0 Å². The average molecular weight is 557 g/mol. The van der Waals surface area contributed by atoms with Gasteiger partial charge in [-0.15, -0.1) is 0 Å². The van der Waals surface area contributed by atoms with Crippen LogP contribution >= 0.6 is 15.9 Å². The molecule has 0 aromatic heterocycles. The molecular formula is C13H18BrO6Pb. The Kier molecular flexibility index (Phi) is 20.3. The van der Waals surface area contributed by atoms with E-state index in [9.17, 15) is 0 Å². The summed E-state index contributed by atoms with van der Waals surface area (Å²) in [6.45, 7) is 3.25. The summed E-state index contributed by atoms with van der Waals surface area (Å²) in [5, 5.41) is 23.2. The third-order valence-corrected chi connectivity index (χ3v) is 3.66. The van der Waals surface area contributed by atoms with Crippen LogP contribution in [0.5, 0.6) is 0 Å². The maximum atomic E-state index is 9.00. The molecule has 1 rings (SSSR count). The first kappa shape index (κ1) is 25.0. The maximum absolute atomic E-state index is 9.00. The number of halogens is 1. The molecule has 8 heteroatoms. The number of alkyl halides is 1. The summed E-state index contributed by atoms with van der Waals surface area (Å²) in [5.74, 6) is -2.50. The van der Waals surface area contributed by atoms with Gasteiger partial charge in [-0.05, 0) is 0 Å². The van der Waals surface area contributed by atoms with Crippen molar-refractivity contribution in [3.63, 3.8) is 0 Å². The molecule has 3 radical (unpaired) electrons. The van der Waals surface area contributed by atoms with Crippen LogP contribution < -0.4 is 3.12 Å². The van der Waals surface area contributed by atoms with Crippen LogP contribution in [0.1, 0.15) is 26.3 Å². The van der Waals surface area contributed by atoms with E-state index in [1.54, 1.807) is 0 Å². The Morgan fingerprint density at radius 3 is 1.43 bits per heavy atom. The summed E-state index contributed by atoms with van der Waals surface area (Å²) in [5.41, 5.74) is 1.43. The summed E-state index contributed by atoms with van der Waals surface area (Å²) in [4.78, 5) is 27.0. The van der Waals surface area contributed by atoms with E-state index >= 15 is 0 Å². The molecule has 117 valence electrons. The van der Waals surface area contributed by atoms with Crippen molar-refractivity contribution in [2.45, 2.75) is 26.1 Å². The van der Waals surface area contributed by atoms with Crippen LogP contribution in [0.15, 0.2) is 24.3 Å². The van der Waals surface area contributed by atoms with Crippen molar-refractivity contribution in [3.8, 4) is 0 Å². The fraction of sp³-hybridized carbons (Fsp3) is 0.308. The van der Waals surface area contributed by atoms with Crippen molar-refractivity contribution in [1.82, 2.24) is 0 Å². The smallest absolute Gasteiger partial charge is 0.300 e. The van der Waals surface area contributed by atoms with Gasteiger partial charge in [-0.1, -0.05) is 0 Å². The zero-order chi connectivity index (χ0) is 17.4. The Hall–Kier alpha value is -0.968. The van der Waals surface area contributed by atoms with Crippen molar-refractivity contribution in [1.29, 1.82) is 0 Å². The molecule has 0 saturated carbocycles. The minimum atomic E-state index is -0.833. The normalized spacial score (nSPS) is 7.67. The number of carboxylic acids is 3. The molecule has 0 spiro atoms. The Balaban J connectivity index is -0.000000230. The van der Waals surface area contributed by atoms with Crippen LogP contribution in [0.25, 0.3) is 0 Å². The molecule has 0 heterocycles. The predicted molar refractivity (Wildman–Crippen MR) is 84.4 cm³/mol. The molecule has 21 heavy (non-hydrogen) atoms. The molecule has 1 aromatic rings. The molecular weight excluding hydrogens is 539 g/mol. The predicted octanol–water partition coefficient (Wildman–Crippen LogP) is 1.65. The van der Waals surface area contributed by atoms with Gasteiger partial charge >= 0.3 is 80.0 Å². The number of hydrogen-bond donors (Lipinski definition) is 3. The van der Waals surface area contributed by atoms with Crippen LogP contribution in [0.4, 0.5) is 0 Å². The number of hydrogen-bond acceptors (Lipinski definition) is 3. The van der Waals surface area contributed by atoms with Gasteiger partial charge in [-0.25, -0.2) is 0 Å². The largest absolute Gasteiger partial charge is 0.481 e. The molecule has 0 saturated heterocycles. The summed E-state index contributed by atoms with van der Waals surface area (Å²) in [6, 6.07) is 8.52. The second kappa shape index (κ2) is 17.1. The van der Waals surface area contributed by atoms with Crippen molar-refractivity contribution < 1.29 is 29.7 Å². The van der Waals surface area contributed by atoms with Gasteiger partial charge in [0, 0.05) is 20.8 Å². The first-order valence-corrected chi connectivity index (χ1v) is 8.55. The summed E-state index contributed by atoms with van der Waals surface area (Å²) in [7, 11) is 0. The van der Waals surface area contributed by atoms with Crippen LogP contribution in [0, 0.1) is 0 Å². The van der Waals surface area contributed by atoms with Gasteiger partial charge in [-0.3, -0.25) is 14.4 Å². The zero-order valence-electron chi connectivity index (χ0n) is 12.0. The van der Waals surface area contributed by atoms with Gasteiger partial charge in [0.2, 0.25) is 0 Å². The summed E-state index contributed by atoms with van der Waals surface area (Å²) < 4.78 is 1.49. The molecule has 0 unspecified atom stereocenters. The Morgan fingerprint density at radius 1 is 0.952 bits per heavy atom. The van der Waals surface area contributed by atoms with Gasteiger partial charge < -0.3 is 15.3 Å². The second-order valence-corrected chi connectivity index (χ2v) is 6.00. The Morgan fingerprint density at radius 2 is 1.24 bits per heavy atom. The van der Waals surface area contributed by atoms with E-state index in [4.69, 9.17) is 29.7 Å². The van der Waals surface area contributed by atoms with Gasteiger partial charge in [-0.2, -0.15) is 0 Å². The van der Waals surface area contributed by atoms with Crippen molar-refractivity contribution in [3.05, 3.63) is 29.8 Å². The van der Waals surface area contributed by atoms with Gasteiger partial charge in [0.15, 0.2) is 0 Å². The standard InChI is InChI=1S/C7H6Br.3C2H4O2.Pb/c8-6-7-4-2-1-3-5-7;3*1-2(3)4;/h1-4H,6H2;3*1H3,(H,3,4);. The number of carbonyl (C=O) groups is 3. The minimum Gasteiger partial charge on any atom is -0.481 e. The first-order valence-electron chi connectivity index (χ1n) is 5.48. The van der Waals surface area contributed by atoms with E-state index < -0.39 is 17.9 Å². The van der Waals surface area contributed by atoms with Crippen molar-refractivity contribution >= 4 is 62.7 Å². The molecule has 6 nitrogen and oxygen atoms in total. The Labute approximate surface area is 148 Å². The molecule has 1 aromatic carbocycles. The fourth-order valence-corrected chi connectivity index (χ4v) is 3.17. The van der Waals surface area contributed by atoms with E-state index in [0.717, 1.165) is 51.9 Å². The Bertz CT molecular complexity index is 396. The van der Waals surface area contributed by atoms with E-state index in [1.165, 1.54) is 8.69 Å². The molecule has 0 aliphatic carbocycles. The molecule has 0 fully saturated rings. The van der Waals surface area contributed by atoms with Crippen molar-refractivity contribution in [2.24, 2.45) is 0 Å². The number of aliphatic carboxylic acids is 3. The molecule has 0 aliphatic rings. The fourth-order valence-electron chi connectivity index (χ4n) is 0.637. The summed E-state index contributed by atoms with van der Waals surface area (Å²) in [6.07, 6.45) is 0. The molecule has 0 atom stereocenters. The topological polar surface area (TPSA) is 112 Å². The van der Waals surface area contributed by atoms with E-state index in [1.807, 2.05) is 0 Å². The maximum Gasteiger partial charge on any atom is 0.300 e. The average Bonchev–Trinajstić information content (AvgIpc) is 2.27. The van der Waals surface area contributed by atoms with Crippen LogP contribution in [0.2, 0.25) is 0 Å². The van der Waals surface area contributed by atoms with Gasteiger partial charge in [0.1, 0.15) is 0 Å². The number of carboxylic acid groups (broad SMARTS) is 3. The van der Waals surface area contributed by atoms with Crippen LogP contribution in [0.3, 0.4) is 0 Å². The molecule has 0 aliphatic heterocycles. The molecule has 0 bridgehead atoms. The minimum absolute atomic E-state index is 0.833. The van der Waals surface area contributed by atoms with E-state index in [2.05, 4.69) is 40.2 Å². The van der Waals surface area contributed by atoms with Crippen molar-refractivity contribution in [2.75, 3.05) is 0 Å². The van der Waals surface area contributed by atoms with Crippen LogP contribution in [-0.4, -0.2) is 59.0 Å². The third kappa shape index (κ3) is 38.1. The number of rotatable bonds is 1. The van der Waals surface area contributed by atoms with E-state index in [0.29, 0.717) is 0 Å². The quantitative estimate of drug-likeness (QED) is 0.358. The molecule has 3 N–H and O–H groups in total. The van der Waals surface area contributed by atoms with E-state index in [-0.39, 0.29) is 0 Å². The number of benzene rings is 1. The SMILES string of the molecule is BrCc1cccc[c]1[Pb].CC(=O)O.CC(=O)O.CC(=O)O. The van der Waals surface area contributed by atoms with Crippen LogP contribution in [-0.2, 0) is 19.7 Å². The molecule has 0 amide bonds. The zero-order valence-corrected chi connectivity index (χ0v) is 17.4. The van der Waals surface area contributed by atoms with Gasteiger partial charge in [0.25, 0.3) is 17.9 Å².